The molecule has 3 heterocycles. The molecule has 2 aromatic heterocycles. The predicted octanol–water partition coefficient (Wildman–Crippen LogP) is 2.41. The van der Waals surface area contributed by atoms with Gasteiger partial charge >= 0.3 is 0 Å². The quantitative estimate of drug-likeness (QED) is 0.727. The summed E-state index contributed by atoms with van der Waals surface area (Å²) in [5.74, 6) is 0.247. The number of nitrogens with zero attached hydrogens (tertiary/aromatic N) is 2. The molecule has 0 bridgehead atoms. The molecule has 0 saturated carbocycles. The van der Waals surface area contributed by atoms with Crippen LogP contribution in [-0.4, -0.2) is 42.3 Å². The second-order valence-electron chi connectivity index (χ2n) is 6.52. The monoisotopic (exact) mass is 372 g/mol. The van der Waals surface area contributed by atoms with Crippen LogP contribution in [0.2, 0.25) is 0 Å². The van der Waals surface area contributed by atoms with Gasteiger partial charge in [-0.25, -0.2) is 18.4 Å². The van der Waals surface area contributed by atoms with Crippen molar-refractivity contribution in [2.45, 2.75) is 17.7 Å². The van der Waals surface area contributed by atoms with Crippen molar-refractivity contribution in [2.75, 3.05) is 24.7 Å². The average Bonchev–Trinajstić information content (AvgIpc) is 2.99. The summed E-state index contributed by atoms with van der Waals surface area (Å²) in [6, 6.07) is 9.54. The number of aromatic amines is 1. The van der Waals surface area contributed by atoms with Crippen molar-refractivity contribution < 1.29 is 13.2 Å². The van der Waals surface area contributed by atoms with E-state index < -0.39 is 9.84 Å². The van der Waals surface area contributed by atoms with Gasteiger partial charge in [0.2, 0.25) is 0 Å². The van der Waals surface area contributed by atoms with Crippen LogP contribution in [0.4, 0.5) is 5.82 Å². The van der Waals surface area contributed by atoms with Gasteiger partial charge in [0.25, 0.3) is 0 Å². The molecule has 1 aromatic carbocycles. The van der Waals surface area contributed by atoms with Crippen molar-refractivity contribution in [3.63, 3.8) is 0 Å². The molecule has 8 heteroatoms. The summed E-state index contributed by atoms with van der Waals surface area (Å²) >= 11 is 0. The van der Waals surface area contributed by atoms with Crippen molar-refractivity contribution in [2.24, 2.45) is 5.92 Å². The Kier molecular flexibility index (Phi) is 4.37. The molecule has 3 N–H and O–H groups in total. The van der Waals surface area contributed by atoms with Crippen LogP contribution < -0.4 is 5.73 Å². The first-order chi connectivity index (χ1) is 12.6. The van der Waals surface area contributed by atoms with Crippen molar-refractivity contribution in [3.8, 4) is 11.3 Å². The van der Waals surface area contributed by atoms with Crippen LogP contribution in [0.3, 0.4) is 0 Å². The summed E-state index contributed by atoms with van der Waals surface area (Å²) in [7, 11) is -3.57. The predicted molar refractivity (Wildman–Crippen MR) is 99.3 cm³/mol. The second kappa shape index (κ2) is 6.69. The lowest BCUT2D eigenvalue weighted by Crippen LogP contribution is -2.24. The number of H-pyrrole nitrogens is 1. The largest absolute Gasteiger partial charge is 0.384 e. The molecule has 7 nitrogen and oxygen atoms in total. The van der Waals surface area contributed by atoms with Gasteiger partial charge in [-0.3, -0.25) is 0 Å². The highest BCUT2D eigenvalue weighted by molar-refractivity contribution is 7.91. The summed E-state index contributed by atoms with van der Waals surface area (Å²) in [5.41, 5.74) is 8.46. The number of anilines is 1. The van der Waals surface area contributed by atoms with Gasteiger partial charge in [0.1, 0.15) is 22.6 Å². The molecule has 0 atom stereocenters. The molecule has 0 radical (unpaired) electrons. The van der Waals surface area contributed by atoms with Gasteiger partial charge in [0, 0.05) is 18.8 Å². The van der Waals surface area contributed by atoms with Crippen molar-refractivity contribution in [1.29, 1.82) is 0 Å². The van der Waals surface area contributed by atoms with Gasteiger partial charge in [-0.1, -0.05) is 30.3 Å². The van der Waals surface area contributed by atoms with Crippen LogP contribution in [-0.2, 0) is 14.6 Å². The SMILES string of the molecule is Nc1[nH]c2c(-c3ccccc3)ncnc2c1S(=O)(=O)CC1CCOCC1. The lowest BCUT2D eigenvalue weighted by atomic mass is 10.0. The van der Waals surface area contributed by atoms with Crippen molar-refractivity contribution in [1.82, 2.24) is 15.0 Å². The number of hydrogen-bond acceptors (Lipinski definition) is 6. The van der Waals surface area contributed by atoms with E-state index >= 15 is 0 Å². The smallest absolute Gasteiger partial charge is 0.184 e. The zero-order chi connectivity index (χ0) is 18.1. The summed E-state index contributed by atoms with van der Waals surface area (Å²) in [4.78, 5) is 11.6. The number of fused-ring (bicyclic) bond motifs is 1. The van der Waals surface area contributed by atoms with Crippen molar-refractivity contribution in [3.05, 3.63) is 36.7 Å². The topological polar surface area (TPSA) is 111 Å². The zero-order valence-corrected chi connectivity index (χ0v) is 15.0. The molecule has 26 heavy (non-hydrogen) atoms. The first-order valence-corrected chi connectivity index (χ1v) is 10.2. The van der Waals surface area contributed by atoms with Gasteiger partial charge in [-0.05, 0) is 18.8 Å². The highest BCUT2D eigenvalue weighted by Gasteiger charge is 2.29. The second-order valence-corrected chi connectivity index (χ2v) is 8.49. The van der Waals surface area contributed by atoms with E-state index in [0.29, 0.717) is 29.9 Å². The first kappa shape index (κ1) is 17.0. The molecule has 1 fully saturated rings. The normalized spacial score (nSPS) is 16.2. The number of benzene rings is 1. The fraction of sp³-hybridized carbons (Fsp3) is 0.333. The lowest BCUT2D eigenvalue weighted by molar-refractivity contribution is 0.0723. The number of aromatic nitrogens is 3. The lowest BCUT2D eigenvalue weighted by Gasteiger charge is -2.21. The highest BCUT2D eigenvalue weighted by atomic mass is 32.2. The van der Waals surface area contributed by atoms with E-state index in [1.807, 2.05) is 30.3 Å². The van der Waals surface area contributed by atoms with Gasteiger partial charge in [-0.2, -0.15) is 0 Å². The fourth-order valence-corrected chi connectivity index (χ4v) is 5.39. The molecule has 1 aliphatic rings. The third-order valence-electron chi connectivity index (χ3n) is 4.72. The molecular formula is C18H20N4O3S. The molecule has 1 saturated heterocycles. The molecule has 0 spiro atoms. The minimum Gasteiger partial charge on any atom is -0.384 e. The third-order valence-corrected chi connectivity index (χ3v) is 6.67. The van der Waals surface area contributed by atoms with E-state index in [4.69, 9.17) is 10.5 Å². The van der Waals surface area contributed by atoms with Crippen LogP contribution in [0.25, 0.3) is 22.3 Å². The molecule has 3 aromatic rings. The van der Waals surface area contributed by atoms with Gasteiger partial charge in [-0.15, -0.1) is 0 Å². The minimum absolute atomic E-state index is 0.0538. The number of nitrogens with two attached hydrogens (primary N) is 1. The molecule has 1 aliphatic heterocycles. The Balaban J connectivity index is 1.80. The summed E-state index contributed by atoms with van der Waals surface area (Å²) in [5, 5.41) is 0. The molecular weight excluding hydrogens is 352 g/mol. The van der Waals surface area contributed by atoms with Gasteiger partial charge < -0.3 is 15.5 Å². The standard InChI is InChI=1S/C18H20N4O3S/c19-18-17(26(23,24)10-12-6-8-25-9-7-12)16-15(22-18)14(20-11-21-16)13-4-2-1-3-5-13/h1-5,11-12,22H,6-10,19H2. The van der Waals surface area contributed by atoms with E-state index in [1.54, 1.807) is 0 Å². The first-order valence-electron chi connectivity index (χ1n) is 8.54. The average molecular weight is 372 g/mol. The molecule has 0 aliphatic carbocycles. The molecule has 0 unspecified atom stereocenters. The number of nitrogen functional groups attached to an aromatic ring is 1. The van der Waals surface area contributed by atoms with E-state index in [2.05, 4.69) is 15.0 Å². The van der Waals surface area contributed by atoms with Crippen molar-refractivity contribution >= 4 is 26.7 Å². The maximum atomic E-state index is 13.0. The zero-order valence-electron chi connectivity index (χ0n) is 14.2. The van der Waals surface area contributed by atoms with E-state index in [0.717, 1.165) is 18.4 Å². The van der Waals surface area contributed by atoms with E-state index in [-0.39, 0.29) is 22.4 Å². The minimum atomic E-state index is -3.57. The Morgan fingerprint density at radius 1 is 1.15 bits per heavy atom. The third kappa shape index (κ3) is 3.06. The van der Waals surface area contributed by atoms with Crippen LogP contribution in [0.1, 0.15) is 12.8 Å². The molecule has 4 rings (SSSR count). The number of rotatable bonds is 4. The number of sulfone groups is 1. The molecule has 136 valence electrons. The Morgan fingerprint density at radius 2 is 1.88 bits per heavy atom. The summed E-state index contributed by atoms with van der Waals surface area (Å²) < 4.78 is 31.4. The highest BCUT2D eigenvalue weighted by Crippen LogP contribution is 2.34. The summed E-state index contributed by atoms with van der Waals surface area (Å²) in [6.07, 6.45) is 2.86. The Bertz CT molecular complexity index is 1030. The van der Waals surface area contributed by atoms with Crippen LogP contribution in [0.5, 0.6) is 0 Å². The maximum absolute atomic E-state index is 13.0. The van der Waals surface area contributed by atoms with Crippen LogP contribution >= 0.6 is 0 Å². The number of nitrogens with one attached hydrogen (secondary N) is 1. The van der Waals surface area contributed by atoms with Crippen LogP contribution in [0, 0.1) is 5.92 Å². The Hall–Kier alpha value is -2.45. The van der Waals surface area contributed by atoms with E-state index in [1.165, 1.54) is 6.33 Å². The number of hydrogen-bond donors (Lipinski definition) is 2. The van der Waals surface area contributed by atoms with E-state index in [9.17, 15) is 8.42 Å². The fourth-order valence-electron chi connectivity index (χ4n) is 3.43. The van der Waals surface area contributed by atoms with Gasteiger partial charge in [0.15, 0.2) is 9.84 Å². The summed E-state index contributed by atoms with van der Waals surface area (Å²) in [6.45, 7) is 1.20. The molecule has 0 amide bonds. The van der Waals surface area contributed by atoms with Gasteiger partial charge in [0.05, 0.1) is 17.0 Å². The maximum Gasteiger partial charge on any atom is 0.184 e. The van der Waals surface area contributed by atoms with Crippen LogP contribution in [0.15, 0.2) is 41.6 Å². The Labute approximate surface area is 151 Å². The number of ether oxygens (including phenoxy) is 1. The Morgan fingerprint density at radius 3 is 2.62 bits per heavy atom.